The monoisotopic (exact) mass is 643 g/mol. The van der Waals surface area contributed by atoms with Crippen LogP contribution in [-0.4, -0.2) is 33.8 Å². The van der Waals surface area contributed by atoms with Gasteiger partial charge < -0.3 is 9.84 Å². The van der Waals surface area contributed by atoms with Crippen molar-refractivity contribution in [2.24, 2.45) is 0 Å². The Labute approximate surface area is 231 Å². The van der Waals surface area contributed by atoms with Crippen LogP contribution in [0.3, 0.4) is 0 Å². The van der Waals surface area contributed by atoms with Crippen LogP contribution in [0.5, 0.6) is 5.75 Å². The molecule has 38 heavy (non-hydrogen) atoms. The number of hydrogen-bond donors (Lipinski definition) is 2. The summed E-state index contributed by atoms with van der Waals surface area (Å²) in [6, 6.07) is 13.2. The highest BCUT2D eigenvalue weighted by molar-refractivity contribution is 9.11. The van der Waals surface area contributed by atoms with Crippen molar-refractivity contribution < 1.29 is 33.9 Å². The molecule has 0 aromatic heterocycles. The van der Waals surface area contributed by atoms with Gasteiger partial charge in [-0.3, -0.25) is 25.0 Å². The van der Waals surface area contributed by atoms with Crippen LogP contribution in [0.4, 0.5) is 16.2 Å². The van der Waals surface area contributed by atoms with Crippen molar-refractivity contribution in [2.75, 3.05) is 4.90 Å². The zero-order chi connectivity index (χ0) is 27.6. The number of barbiturate groups is 1. The summed E-state index contributed by atoms with van der Waals surface area (Å²) in [6.07, 6.45) is 1.30. The maximum atomic E-state index is 13.1. The first-order valence-electron chi connectivity index (χ1n) is 10.6. The Morgan fingerprint density at radius 2 is 1.63 bits per heavy atom. The van der Waals surface area contributed by atoms with Crippen LogP contribution < -0.4 is 15.0 Å². The van der Waals surface area contributed by atoms with Gasteiger partial charge in [-0.05, 0) is 85.5 Å². The van der Waals surface area contributed by atoms with Crippen LogP contribution in [0.15, 0.2) is 75.2 Å². The van der Waals surface area contributed by atoms with E-state index in [4.69, 9.17) is 9.84 Å². The van der Waals surface area contributed by atoms with E-state index in [-0.39, 0.29) is 29.1 Å². The molecule has 0 aliphatic carbocycles. The molecule has 4 rings (SSSR count). The molecule has 0 radical (unpaired) electrons. The summed E-state index contributed by atoms with van der Waals surface area (Å²) in [6.45, 7) is 0.144. The highest BCUT2D eigenvalue weighted by Crippen LogP contribution is 2.36. The molecular weight excluding hydrogens is 630 g/mol. The van der Waals surface area contributed by atoms with Crippen LogP contribution in [-0.2, 0) is 16.2 Å². The predicted octanol–water partition coefficient (Wildman–Crippen LogP) is 5.06. The van der Waals surface area contributed by atoms with Gasteiger partial charge in [-0.1, -0.05) is 12.1 Å². The lowest BCUT2D eigenvalue weighted by atomic mass is 10.1. The van der Waals surface area contributed by atoms with Crippen LogP contribution in [0.1, 0.15) is 21.5 Å². The molecule has 1 heterocycles. The number of non-ortho nitro benzene ring substituents is 1. The molecule has 1 saturated heterocycles. The largest absolute Gasteiger partial charge is 0.487 e. The highest BCUT2D eigenvalue weighted by atomic mass is 79.9. The number of carboxylic acids is 1. The predicted molar refractivity (Wildman–Crippen MR) is 142 cm³/mol. The number of nitrogens with one attached hydrogen (secondary N) is 1. The molecule has 2 N–H and O–H groups in total. The standard InChI is InChI=1S/C25H15Br2N3O8/c26-19-10-14(11-20(27)21(19)38-12-13-1-3-15(4-2-13)24(33)34)9-18-22(31)28-25(35)29(23(18)32)16-5-7-17(8-6-16)30(36)37/h1-11H,12H2,(H,33,34)(H,28,31,35)/b18-9+. The van der Waals surface area contributed by atoms with E-state index in [1.807, 2.05) is 0 Å². The minimum atomic E-state index is -1.03. The molecule has 0 bridgehead atoms. The van der Waals surface area contributed by atoms with Gasteiger partial charge in [0.1, 0.15) is 17.9 Å². The molecule has 3 aromatic rings. The van der Waals surface area contributed by atoms with Crippen molar-refractivity contribution in [3.63, 3.8) is 0 Å². The van der Waals surface area contributed by atoms with E-state index in [9.17, 15) is 29.3 Å². The fourth-order valence-corrected chi connectivity index (χ4v) is 4.93. The van der Waals surface area contributed by atoms with E-state index in [0.29, 0.717) is 25.2 Å². The Bertz CT molecular complexity index is 1500. The molecule has 1 fully saturated rings. The van der Waals surface area contributed by atoms with Crippen molar-refractivity contribution in [3.05, 3.63) is 102 Å². The van der Waals surface area contributed by atoms with Gasteiger partial charge in [0.15, 0.2) is 0 Å². The number of aromatic carboxylic acids is 1. The van der Waals surface area contributed by atoms with E-state index in [0.717, 1.165) is 17.7 Å². The van der Waals surface area contributed by atoms with Crippen molar-refractivity contribution in [3.8, 4) is 5.75 Å². The van der Waals surface area contributed by atoms with Crippen LogP contribution in [0.25, 0.3) is 6.08 Å². The number of nitro benzene ring substituents is 1. The number of benzene rings is 3. The fourth-order valence-electron chi connectivity index (χ4n) is 3.48. The molecule has 3 aromatic carbocycles. The SMILES string of the molecule is O=C1NC(=O)N(c2ccc([N+](=O)[O-])cc2)C(=O)/C1=C/c1cc(Br)c(OCc2ccc(C(=O)O)cc2)c(Br)c1. The number of amides is 4. The zero-order valence-electron chi connectivity index (χ0n) is 19.0. The smallest absolute Gasteiger partial charge is 0.335 e. The number of carbonyl (C=O) groups excluding carboxylic acids is 3. The molecule has 1 aliphatic heterocycles. The van der Waals surface area contributed by atoms with E-state index < -0.39 is 28.7 Å². The minimum absolute atomic E-state index is 0.0546. The van der Waals surface area contributed by atoms with Crippen LogP contribution in [0.2, 0.25) is 0 Å². The third kappa shape index (κ3) is 5.63. The summed E-state index contributed by atoms with van der Waals surface area (Å²) in [5.41, 5.74) is 0.829. The van der Waals surface area contributed by atoms with Gasteiger partial charge in [-0.25, -0.2) is 14.5 Å². The van der Waals surface area contributed by atoms with E-state index >= 15 is 0 Å². The summed E-state index contributed by atoms with van der Waals surface area (Å²) < 4.78 is 6.83. The first kappa shape index (κ1) is 26.7. The first-order chi connectivity index (χ1) is 18.0. The number of hydrogen-bond acceptors (Lipinski definition) is 7. The molecule has 0 spiro atoms. The van der Waals surface area contributed by atoms with E-state index in [2.05, 4.69) is 37.2 Å². The topological polar surface area (TPSA) is 156 Å². The Kier molecular flexibility index (Phi) is 7.69. The maximum Gasteiger partial charge on any atom is 0.335 e. The number of halogens is 2. The number of ether oxygens (including phenoxy) is 1. The highest BCUT2D eigenvalue weighted by Gasteiger charge is 2.37. The number of rotatable bonds is 7. The normalized spacial score (nSPS) is 14.4. The minimum Gasteiger partial charge on any atom is -0.487 e. The number of nitrogens with zero attached hydrogens (tertiary/aromatic N) is 2. The number of carbonyl (C=O) groups is 4. The van der Waals surface area contributed by atoms with Gasteiger partial charge in [0.2, 0.25) is 0 Å². The molecule has 192 valence electrons. The second kappa shape index (κ2) is 10.9. The van der Waals surface area contributed by atoms with Gasteiger partial charge in [0.25, 0.3) is 17.5 Å². The van der Waals surface area contributed by atoms with Gasteiger partial charge in [-0.15, -0.1) is 0 Å². The molecule has 11 nitrogen and oxygen atoms in total. The van der Waals surface area contributed by atoms with Crippen molar-refractivity contribution in [1.29, 1.82) is 0 Å². The van der Waals surface area contributed by atoms with Gasteiger partial charge >= 0.3 is 12.0 Å². The van der Waals surface area contributed by atoms with E-state index in [1.54, 1.807) is 24.3 Å². The maximum absolute atomic E-state index is 13.1. The molecular formula is C25H15Br2N3O8. The average Bonchev–Trinajstić information content (AvgIpc) is 2.86. The molecule has 4 amide bonds. The summed E-state index contributed by atoms with van der Waals surface area (Å²) >= 11 is 6.81. The van der Waals surface area contributed by atoms with E-state index in [1.165, 1.54) is 30.3 Å². The lowest BCUT2D eigenvalue weighted by Crippen LogP contribution is -2.54. The summed E-state index contributed by atoms with van der Waals surface area (Å²) in [4.78, 5) is 59.9. The van der Waals surface area contributed by atoms with Gasteiger partial charge in [0.05, 0.1) is 25.1 Å². The van der Waals surface area contributed by atoms with Crippen molar-refractivity contribution in [2.45, 2.75) is 6.61 Å². The first-order valence-corrected chi connectivity index (χ1v) is 12.2. The number of carboxylic acid groups (broad SMARTS) is 1. The molecule has 0 saturated carbocycles. The van der Waals surface area contributed by atoms with Crippen molar-refractivity contribution in [1.82, 2.24) is 5.32 Å². The Hall–Kier alpha value is -4.36. The quantitative estimate of drug-likeness (QED) is 0.156. The van der Waals surface area contributed by atoms with Crippen LogP contribution >= 0.6 is 31.9 Å². The van der Waals surface area contributed by atoms with Crippen molar-refractivity contribution >= 4 is 73.1 Å². The van der Waals surface area contributed by atoms with Crippen LogP contribution in [0, 0.1) is 10.1 Å². The Morgan fingerprint density at radius 1 is 1.03 bits per heavy atom. The number of imide groups is 2. The third-order valence-electron chi connectivity index (χ3n) is 5.34. The number of anilines is 1. The second-order valence-electron chi connectivity index (χ2n) is 7.84. The van der Waals surface area contributed by atoms with Gasteiger partial charge in [0, 0.05) is 12.1 Å². The fraction of sp³-hybridized carbons (Fsp3) is 0.0400. The lowest BCUT2D eigenvalue weighted by molar-refractivity contribution is -0.384. The third-order valence-corrected chi connectivity index (χ3v) is 6.51. The average molecular weight is 645 g/mol. The molecule has 0 unspecified atom stereocenters. The second-order valence-corrected chi connectivity index (χ2v) is 9.54. The number of urea groups is 1. The van der Waals surface area contributed by atoms with Gasteiger partial charge in [-0.2, -0.15) is 0 Å². The number of nitro groups is 1. The summed E-state index contributed by atoms with van der Waals surface area (Å²) in [5, 5.41) is 22.0. The molecule has 0 atom stereocenters. The molecule has 13 heteroatoms. The lowest BCUT2D eigenvalue weighted by Gasteiger charge is -2.26. The molecule has 1 aliphatic rings. The Morgan fingerprint density at radius 3 is 2.18 bits per heavy atom. The zero-order valence-corrected chi connectivity index (χ0v) is 22.2. The Balaban J connectivity index is 1.57. The summed E-state index contributed by atoms with van der Waals surface area (Å²) in [7, 11) is 0. The summed E-state index contributed by atoms with van der Waals surface area (Å²) in [5.74, 6) is -2.39.